The molecule has 0 amide bonds. The highest BCUT2D eigenvalue weighted by Crippen LogP contribution is 2.28. The molecule has 2 aromatic rings. The molecule has 0 aliphatic rings. The molecule has 5 nitrogen and oxygen atoms in total. The molecular weight excluding hydrogens is 247 g/mol. The second kappa shape index (κ2) is 4.71. The zero-order chi connectivity index (χ0) is 13.2. The van der Waals surface area contributed by atoms with Crippen molar-refractivity contribution in [1.29, 1.82) is 0 Å². The fourth-order valence-electron chi connectivity index (χ4n) is 1.53. The van der Waals surface area contributed by atoms with E-state index >= 15 is 0 Å². The lowest BCUT2D eigenvalue weighted by atomic mass is 10.3. The summed E-state index contributed by atoms with van der Waals surface area (Å²) in [6, 6.07) is 1.66. The fraction of sp³-hybridized carbons (Fsp3) is 0.400. The third-order valence-electron chi connectivity index (χ3n) is 2.40. The van der Waals surface area contributed by atoms with Crippen molar-refractivity contribution in [3.63, 3.8) is 0 Å². The minimum atomic E-state index is -4.34. The average molecular weight is 259 g/mol. The summed E-state index contributed by atoms with van der Waals surface area (Å²) in [7, 11) is 0. The second-order valence-corrected chi connectivity index (χ2v) is 3.85. The van der Waals surface area contributed by atoms with Crippen molar-refractivity contribution in [2.24, 2.45) is 0 Å². The van der Waals surface area contributed by atoms with Crippen molar-refractivity contribution in [2.45, 2.75) is 25.7 Å². The Labute approximate surface area is 101 Å². The molecule has 0 aliphatic carbocycles. The van der Waals surface area contributed by atoms with Gasteiger partial charge in [-0.15, -0.1) is 0 Å². The number of nitrogens with two attached hydrogens (primary N) is 1. The Bertz CT molecular complexity index is 514. The lowest BCUT2D eigenvalue weighted by Crippen LogP contribution is -2.06. The van der Waals surface area contributed by atoms with Crippen LogP contribution in [-0.4, -0.2) is 19.6 Å². The van der Waals surface area contributed by atoms with Gasteiger partial charge in [0.15, 0.2) is 0 Å². The number of hydrogen-bond donors (Lipinski definition) is 1. The van der Waals surface area contributed by atoms with Gasteiger partial charge in [-0.1, -0.05) is 0 Å². The molecule has 0 saturated heterocycles. The summed E-state index contributed by atoms with van der Waals surface area (Å²) in [4.78, 5) is 0. The minimum Gasteiger partial charge on any atom is -0.382 e. The van der Waals surface area contributed by atoms with Crippen molar-refractivity contribution >= 4 is 5.82 Å². The molecule has 0 spiro atoms. The number of nitrogens with zero attached hydrogens (tertiary/aromatic N) is 4. The minimum absolute atomic E-state index is 0.399. The van der Waals surface area contributed by atoms with E-state index < -0.39 is 11.7 Å². The molecule has 98 valence electrons. The molecule has 18 heavy (non-hydrogen) atoms. The van der Waals surface area contributed by atoms with E-state index in [1.807, 2.05) is 0 Å². The topological polar surface area (TPSA) is 61.7 Å². The maximum absolute atomic E-state index is 12.3. The first-order chi connectivity index (χ1) is 8.45. The first kappa shape index (κ1) is 12.5. The Hall–Kier alpha value is -1.99. The van der Waals surface area contributed by atoms with Crippen molar-refractivity contribution in [1.82, 2.24) is 19.6 Å². The molecule has 0 bridgehead atoms. The van der Waals surface area contributed by atoms with Crippen LogP contribution in [0, 0.1) is 0 Å². The highest BCUT2D eigenvalue weighted by atomic mass is 19.4. The van der Waals surface area contributed by atoms with Gasteiger partial charge in [0.25, 0.3) is 0 Å². The molecule has 0 aliphatic heterocycles. The van der Waals surface area contributed by atoms with Crippen molar-refractivity contribution in [2.75, 3.05) is 5.73 Å². The number of nitrogen functional groups attached to an aromatic ring is 1. The van der Waals surface area contributed by atoms with E-state index in [-0.39, 0.29) is 0 Å². The number of aryl methyl sites for hydroxylation is 2. The van der Waals surface area contributed by atoms with Gasteiger partial charge in [0.1, 0.15) is 5.82 Å². The molecule has 2 rings (SSSR count). The van der Waals surface area contributed by atoms with Crippen LogP contribution in [0.5, 0.6) is 0 Å². The highest BCUT2D eigenvalue weighted by molar-refractivity contribution is 5.23. The van der Waals surface area contributed by atoms with E-state index in [9.17, 15) is 13.2 Å². The van der Waals surface area contributed by atoms with E-state index in [0.29, 0.717) is 25.3 Å². The molecule has 0 fully saturated rings. The summed E-state index contributed by atoms with van der Waals surface area (Å²) < 4.78 is 39.8. The molecular formula is C10H12F3N5. The second-order valence-electron chi connectivity index (χ2n) is 3.85. The van der Waals surface area contributed by atoms with Crippen LogP contribution in [0.2, 0.25) is 0 Å². The van der Waals surface area contributed by atoms with E-state index in [2.05, 4.69) is 10.2 Å². The number of rotatable bonds is 4. The number of aromatic nitrogens is 4. The van der Waals surface area contributed by atoms with Gasteiger partial charge in [-0.25, -0.2) is 0 Å². The largest absolute Gasteiger partial charge is 0.419 e. The fourth-order valence-corrected chi connectivity index (χ4v) is 1.53. The zero-order valence-electron chi connectivity index (χ0n) is 9.43. The van der Waals surface area contributed by atoms with Crippen LogP contribution in [-0.2, 0) is 19.3 Å². The highest BCUT2D eigenvalue weighted by Gasteiger charge is 2.32. The normalized spacial score (nSPS) is 11.9. The number of anilines is 1. The Kier molecular flexibility index (Phi) is 3.26. The predicted octanol–water partition coefficient (Wildman–Crippen LogP) is 1.77. The molecule has 2 heterocycles. The van der Waals surface area contributed by atoms with Gasteiger partial charge >= 0.3 is 6.18 Å². The van der Waals surface area contributed by atoms with E-state index in [1.54, 1.807) is 16.9 Å². The van der Waals surface area contributed by atoms with Gasteiger partial charge < -0.3 is 5.73 Å². The molecule has 0 unspecified atom stereocenters. The molecule has 2 N–H and O–H groups in total. The summed E-state index contributed by atoms with van der Waals surface area (Å²) in [6.45, 7) is 0.980. The lowest BCUT2D eigenvalue weighted by Gasteiger charge is -2.03. The summed E-state index contributed by atoms with van der Waals surface area (Å²) in [6.07, 6.45) is -0.169. The number of alkyl halides is 3. The van der Waals surface area contributed by atoms with E-state index in [4.69, 9.17) is 5.73 Å². The monoisotopic (exact) mass is 259 g/mol. The molecule has 0 atom stereocenters. The summed E-state index contributed by atoms with van der Waals surface area (Å²) >= 11 is 0. The predicted molar refractivity (Wildman–Crippen MR) is 58.5 cm³/mol. The van der Waals surface area contributed by atoms with Crippen LogP contribution >= 0.6 is 0 Å². The molecule has 0 aromatic carbocycles. The Morgan fingerprint density at radius 1 is 1.22 bits per heavy atom. The van der Waals surface area contributed by atoms with Gasteiger partial charge in [-0.3, -0.25) is 9.36 Å². The molecule has 0 radical (unpaired) electrons. The van der Waals surface area contributed by atoms with Crippen molar-refractivity contribution in [3.05, 3.63) is 30.2 Å². The van der Waals surface area contributed by atoms with Crippen LogP contribution in [0.1, 0.15) is 12.0 Å². The van der Waals surface area contributed by atoms with Gasteiger partial charge in [-0.05, 0) is 12.5 Å². The maximum Gasteiger partial charge on any atom is 0.419 e. The van der Waals surface area contributed by atoms with Crippen LogP contribution < -0.4 is 5.73 Å². The van der Waals surface area contributed by atoms with Crippen molar-refractivity contribution < 1.29 is 13.2 Å². The Morgan fingerprint density at radius 3 is 2.50 bits per heavy atom. The standard InChI is InChI=1S/C10H12F3N5/c11-10(12,13)8-6-15-18(7-8)4-1-3-17-5-2-9(14)16-17/h2,5-7H,1,3-4H2,(H2,14,16). The van der Waals surface area contributed by atoms with Crippen LogP contribution in [0.25, 0.3) is 0 Å². The molecule has 8 heteroatoms. The number of hydrogen-bond acceptors (Lipinski definition) is 3. The van der Waals surface area contributed by atoms with E-state index in [1.165, 1.54) is 4.68 Å². The van der Waals surface area contributed by atoms with Gasteiger partial charge in [-0.2, -0.15) is 23.4 Å². The summed E-state index contributed by atoms with van der Waals surface area (Å²) in [5, 5.41) is 7.63. The van der Waals surface area contributed by atoms with E-state index in [0.717, 1.165) is 12.4 Å². The van der Waals surface area contributed by atoms with Gasteiger partial charge in [0, 0.05) is 25.5 Å². The maximum atomic E-state index is 12.3. The van der Waals surface area contributed by atoms with Gasteiger partial charge in [0.2, 0.25) is 0 Å². The first-order valence-corrected chi connectivity index (χ1v) is 5.34. The molecule has 0 saturated carbocycles. The van der Waals surface area contributed by atoms with Crippen LogP contribution in [0.4, 0.5) is 19.0 Å². The van der Waals surface area contributed by atoms with Crippen LogP contribution in [0.3, 0.4) is 0 Å². The SMILES string of the molecule is Nc1ccn(CCCn2cc(C(F)(F)F)cn2)n1. The summed E-state index contributed by atoms with van der Waals surface area (Å²) in [5.74, 6) is 0.424. The molecule has 2 aromatic heterocycles. The Morgan fingerprint density at radius 2 is 1.94 bits per heavy atom. The lowest BCUT2D eigenvalue weighted by molar-refractivity contribution is -0.137. The smallest absolute Gasteiger partial charge is 0.382 e. The van der Waals surface area contributed by atoms with Gasteiger partial charge in [0.05, 0.1) is 11.8 Å². The quantitative estimate of drug-likeness (QED) is 0.910. The Balaban J connectivity index is 1.85. The zero-order valence-corrected chi connectivity index (χ0v) is 9.43. The van der Waals surface area contributed by atoms with Crippen molar-refractivity contribution in [3.8, 4) is 0 Å². The third-order valence-corrected chi connectivity index (χ3v) is 2.40. The summed E-state index contributed by atoms with van der Waals surface area (Å²) in [5.41, 5.74) is 4.71. The van der Waals surface area contributed by atoms with Crippen LogP contribution in [0.15, 0.2) is 24.7 Å². The third kappa shape index (κ3) is 3.02. The average Bonchev–Trinajstić information content (AvgIpc) is 2.87. The number of halogens is 3. The first-order valence-electron chi connectivity index (χ1n) is 5.34.